The third-order valence-corrected chi connectivity index (χ3v) is 3.75. The molecular formula is C18H11F2N3O. The fourth-order valence-electron chi connectivity index (χ4n) is 2.57. The standard InChI is InChI=1S/C18H11F2N3O/c19-13-6-4-12(5-7-13)16-11-22-8-9-23(18(24)17(22)21-16)15-3-1-2-14(20)10-15/h1-11H. The smallest absolute Gasteiger partial charge is 0.298 e. The molecule has 0 atom stereocenters. The van der Waals surface area contributed by atoms with E-state index in [1.165, 1.54) is 34.9 Å². The molecule has 0 spiro atoms. The van der Waals surface area contributed by atoms with Crippen molar-refractivity contribution in [3.8, 4) is 16.9 Å². The third kappa shape index (κ3) is 2.38. The van der Waals surface area contributed by atoms with Crippen molar-refractivity contribution in [1.29, 1.82) is 0 Å². The van der Waals surface area contributed by atoms with Crippen LogP contribution in [0.5, 0.6) is 0 Å². The average Bonchev–Trinajstić information content (AvgIpc) is 3.01. The van der Waals surface area contributed by atoms with Crippen LogP contribution in [0, 0.1) is 11.6 Å². The average molecular weight is 323 g/mol. The van der Waals surface area contributed by atoms with Gasteiger partial charge >= 0.3 is 0 Å². The van der Waals surface area contributed by atoms with Gasteiger partial charge in [-0.15, -0.1) is 0 Å². The lowest BCUT2D eigenvalue weighted by Crippen LogP contribution is -2.20. The molecule has 4 nitrogen and oxygen atoms in total. The van der Waals surface area contributed by atoms with Crippen molar-refractivity contribution in [3.63, 3.8) is 0 Å². The highest BCUT2D eigenvalue weighted by Crippen LogP contribution is 2.18. The Morgan fingerprint density at radius 3 is 2.46 bits per heavy atom. The maximum atomic E-state index is 13.4. The summed E-state index contributed by atoms with van der Waals surface area (Å²) >= 11 is 0. The Bertz CT molecular complexity index is 1100. The predicted molar refractivity (Wildman–Crippen MR) is 86.1 cm³/mol. The van der Waals surface area contributed by atoms with E-state index in [2.05, 4.69) is 4.98 Å². The fraction of sp³-hybridized carbons (Fsp3) is 0. The van der Waals surface area contributed by atoms with Gasteiger partial charge in [-0.25, -0.2) is 13.8 Å². The largest absolute Gasteiger partial charge is 0.300 e. The first kappa shape index (κ1) is 14.3. The minimum Gasteiger partial charge on any atom is -0.300 e. The fourth-order valence-corrected chi connectivity index (χ4v) is 2.57. The summed E-state index contributed by atoms with van der Waals surface area (Å²) < 4.78 is 29.4. The van der Waals surface area contributed by atoms with Crippen LogP contribution < -0.4 is 5.56 Å². The molecule has 0 radical (unpaired) electrons. The normalized spacial score (nSPS) is 11.1. The topological polar surface area (TPSA) is 39.3 Å². The number of hydrogen-bond donors (Lipinski definition) is 0. The molecule has 2 heterocycles. The van der Waals surface area contributed by atoms with Gasteiger partial charge in [0.1, 0.15) is 11.6 Å². The molecule has 0 N–H and O–H groups in total. The van der Waals surface area contributed by atoms with E-state index in [1.54, 1.807) is 41.2 Å². The molecule has 6 heteroatoms. The van der Waals surface area contributed by atoms with Crippen molar-refractivity contribution in [3.05, 3.63) is 89.1 Å². The highest BCUT2D eigenvalue weighted by atomic mass is 19.1. The van der Waals surface area contributed by atoms with Gasteiger partial charge in [0.2, 0.25) is 5.65 Å². The Morgan fingerprint density at radius 1 is 0.917 bits per heavy atom. The van der Waals surface area contributed by atoms with Crippen molar-refractivity contribution in [1.82, 2.24) is 14.0 Å². The molecule has 0 aliphatic heterocycles. The maximum absolute atomic E-state index is 13.4. The Hall–Kier alpha value is -3.28. The molecule has 4 aromatic rings. The van der Waals surface area contributed by atoms with Gasteiger partial charge in [-0.3, -0.25) is 9.36 Å². The highest BCUT2D eigenvalue weighted by molar-refractivity contribution is 5.62. The molecule has 118 valence electrons. The van der Waals surface area contributed by atoms with E-state index >= 15 is 0 Å². The lowest BCUT2D eigenvalue weighted by molar-refractivity contribution is 0.626. The Labute approximate surface area is 135 Å². The first-order chi connectivity index (χ1) is 11.6. The number of imidazole rings is 1. The Balaban J connectivity index is 1.88. The SMILES string of the molecule is O=c1c2nc(-c3ccc(F)cc3)cn2ccn1-c1cccc(F)c1. The molecule has 4 rings (SSSR count). The van der Waals surface area contributed by atoms with Crippen molar-refractivity contribution < 1.29 is 8.78 Å². The van der Waals surface area contributed by atoms with E-state index in [9.17, 15) is 13.6 Å². The molecule has 0 saturated heterocycles. The van der Waals surface area contributed by atoms with Gasteiger partial charge in [0.05, 0.1) is 11.4 Å². The number of aromatic nitrogens is 3. The van der Waals surface area contributed by atoms with Crippen molar-refractivity contribution in [2.45, 2.75) is 0 Å². The summed E-state index contributed by atoms with van der Waals surface area (Å²) in [5, 5.41) is 0. The van der Waals surface area contributed by atoms with Gasteiger partial charge in [0, 0.05) is 24.2 Å². The third-order valence-electron chi connectivity index (χ3n) is 3.75. The van der Waals surface area contributed by atoms with E-state index in [-0.39, 0.29) is 17.0 Å². The van der Waals surface area contributed by atoms with E-state index in [4.69, 9.17) is 0 Å². The quantitative estimate of drug-likeness (QED) is 0.567. The van der Waals surface area contributed by atoms with Gasteiger partial charge in [-0.05, 0) is 42.5 Å². The molecule has 24 heavy (non-hydrogen) atoms. The number of fused-ring (bicyclic) bond motifs is 1. The second-order valence-corrected chi connectivity index (χ2v) is 5.32. The molecular weight excluding hydrogens is 312 g/mol. The summed E-state index contributed by atoms with van der Waals surface area (Å²) in [6.07, 6.45) is 4.92. The van der Waals surface area contributed by atoms with E-state index in [1.807, 2.05) is 0 Å². The van der Waals surface area contributed by atoms with Crippen LogP contribution >= 0.6 is 0 Å². The summed E-state index contributed by atoms with van der Waals surface area (Å²) in [4.78, 5) is 17.0. The van der Waals surface area contributed by atoms with Gasteiger partial charge in [-0.2, -0.15) is 0 Å². The minimum absolute atomic E-state index is 0.209. The molecule has 0 aliphatic rings. The van der Waals surface area contributed by atoms with Gasteiger partial charge in [0.25, 0.3) is 5.56 Å². The molecule has 0 amide bonds. The van der Waals surface area contributed by atoms with Crippen molar-refractivity contribution in [2.24, 2.45) is 0 Å². The number of halogens is 2. The zero-order chi connectivity index (χ0) is 16.7. The molecule has 0 saturated carbocycles. The molecule has 2 aromatic heterocycles. The second-order valence-electron chi connectivity index (χ2n) is 5.32. The first-order valence-electron chi connectivity index (χ1n) is 7.24. The molecule has 0 unspecified atom stereocenters. The summed E-state index contributed by atoms with van der Waals surface area (Å²) in [6, 6.07) is 11.7. The Morgan fingerprint density at radius 2 is 1.71 bits per heavy atom. The van der Waals surface area contributed by atoms with Crippen LogP contribution in [0.25, 0.3) is 22.6 Å². The number of nitrogens with zero attached hydrogens (tertiary/aromatic N) is 3. The van der Waals surface area contributed by atoms with Crippen LogP contribution in [0.15, 0.2) is 71.9 Å². The summed E-state index contributed by atoms with van der Waals surface area (Å²) in [5.41, 5.74) is 1.53. The van der Waals surface area contributed by atoms with E-state index in [0.29, 0.717) is 16.9 Å². The second kappa shape index (κ2) is 5.42. The molecule has 0 bridgehead atoms. The molecule has 0 fully saturated rings. The molecule has 0 aliphatic carbocycles. The van der Waals surface area contributed by atoms with Crippen LogP contribution in [0.4, 0.5) is 8.78 Å². The van der Waals surface area contributed by atoms with Gasteiger partial charge in [0.15, 0.2) is 0 Å². The Kier molecular flexibility index (Phi) is 3.23. The highest BCUT2D eigenvalue weighted by Gasteiger charge is 2.10. The lowest BCUT2D eigenvalue weighted by atomic mass is 10.2. The number of hydrogen-bond acceptors (Lipinski definition) is 2. The molecule has 2 aromatic carbocycles. The minimum atomic E-state index is -0.422. The van der Waals surface area contributed by atoms with Crippen molar-refractivity contribution in [2.75, 3.05) is 0 Å². The summed E-state index contributed by atoms with van der Waals surface area (Å²) in [6.45, 7) is 0. The van der Waals surface area contributed by atoms with Crippen LogP contribution in [-0.4, -0.2) is 14.0 Å². The first-order valence-corrected chi connectivity index (χ1v) is 7.24. The van der Waals surface area contributed by atoms with Crippen LogP contribution in [0.3, 0.4) is 0 Å². The maximum Gasteiger partial charge on any atom is 0.298 e. The number of rotatable bonds is 2. The zero-order valence-corrected chi connectivity index (χ0v) is 12.4. The predicted octanol–water partition coefficient (Wildman–Crippen LogP) is 3.43. The van der Waals surface area contributed by atoms with Crippen LogP contribution in [0.2, 0.25) is 0 Å². The summed E-state index contributed by atoms with van der Waals surface area (Å²) in [5.74, 6) is -0.759. The number of benzene rings is 2. The van der Waals surface area contributed by atoms with Crippen LogP contribution in [-0.2, 0) is 0 Å². The summed E-state index contributed by atoms with van der Waals surface area (Å²) in [7, 11) is 0. The van der Waals surface area contributed by atoms with E-state index < -0.39 is 5.82 Å². The van der Waals surface area contributed by atoms with Crippen LogP contribution in [0.1, 0.15) is 0 Å². The van der Waals surface area contributed by atoms with E-state index in [0.717, 1.165) is 0 Å². The van der Waals surface area contributed by atoms with Crippen molar-refractivity contribution >= 4 is 5.65 Å². The monoisotopic (exact) mass is 323 g/mol. The lowest BCUT2D eigenvalue weighted by Gasteiger charge is -2.05. The van der Waals surface area contributed by atoms with Gasteiger partial charge in [-0.1, -0.05) is 6.07 Å². The van der Waals surface area contributed by atoms with Gasteiger partial charge < -0.3 is 4.40 Å². The zero-order valence-electron chi connectivity index (χ0n) is 12.4.